The first kappa shape index (κ1) is 19.3. The van der Waals surface area contributed by atoms with Crippen LogP contribution in [0.2, 0.25) is 0 Å². The van der Waals surface area contributed by atoms with Crippen molar-refractivity contribution in [1.82, 2.24) is 4.90 Å². The largest absolute Gasteiger partial charge is 0.418 e. The second kappa shape index (κ2) is 8.36. The minimum absolute atomic E-state index is 0.117. The van der Waals surface area contributed by atoms with Crippen molar-refractivity contribution < 1.29 is 22.8 Å². The van der Waals surface area contributed by atoms with Crippen molar-refractivity contribution in [3.8, 4) is 0 Å². The first-order valence-corrected chi connectivity index (χ1v) is 8.55. The Balaban J connectivity index is 1.97. The van der Waals surface area contributed by atoms with Gasteiger partial charge in [0.05, 0.1) is 17.8 Å². The Morgan fingerprint density at radius 1 is 1.20 bits per heavy atom. The maximum atomic E-state index is 13.0. The van der Waals surface area contributed by atoms with E-state index < -0.39 is 17.6 Å². The van der Waals surface area contributed by atoms with Crippen LogP contribution in [-0.4, -0.2) is 29.8 Å². The van der Waals surface area contributed by atoms with Gasteiger partial charge in [0.15, 0.2) is 0 Å². The molecule has 0 saturated heterocycles. The van der Waals surface area contributed by atoms with Crippen molar-refractivity contribution in [2.24, 2.45) is 5.92 Å². The van der Waals surface area contributed by atoms with Crippen LogP contribution in [0.15, 0.2) is 24.3 Å². The van der Waals surface area contributed by atoms with E-state index in [1.807, 2.05) is 0 Å². The SMILES string of the molecule is CCN(CC(=O)Nc1ccccc1C(F)(F)F)C(=O)CC1CCCC1. The van der Waals surface area contributed by atoms with Gasteiger partial charge in [-0.3, -0.25) is 9.59 Å². The van der Waals surface area contributed by atoms with Gasteiger partial charge in [-0.05, 0) is 37.8 Å². The quantitative estimate of drug-likeness (QED) is 0.835. The molecule has 0 aromatic heterocycles. The molecule has 0 aliphatic heterocycles. The molecular formula is C18H23F3N2O2. The van der Waals surface area contributed by atoms with E-state index in [0.29, 0.717) is 18.9 Å². The van der Waals surface area contributed by atoms with Crippen LogP contribution < -0.4 is 5.32 Å². The molecule has 0 atom stereocenters. The Morgan fingerprint density at radius 3 is 2.44 bits per heavy atom. The molecule has 1 aromatic carbocycles. The van der Waals surface area contributed by atoms with Crippen LogP contribution in [0.4, 0.5) is 18.9 Å². The van der Waals surface area contributed by atoms with Gasteiger partial charge >= 0.3 is 6.18 Å². The van der Waals surface area contributed by atoms with Crippen molar-refractivity contribution in [2.45, 2.75) is 45.2 Å². The molecular weight excluding hydrogens is 333 g/mol. The maximum Gasteiger partial charge on any atom is 0.418 e. The molecule has 1 fully saturated rings. The normalized spacial score (nSPS) is 15.2. The Hall–Kier alpha value is -2.05. The minimum Gasteiger partial charge on any atom is -0.334 e. The second-order valence-electron chi connectivity index (χ2n) is 6.35. The second-order valence-corrected chi connectivity index (χ2v) is 6.35. The van der Waals surface area contributed by atoms with E-state index >= 15 is 0 Å². The first-order valence-electron chi connectivity index (χ1n) is 8.55. The molecule has 1 aliphatic carbocycles. The fourth-order valence-corrected chi connectivity index (χ4v) is 3.17. The van der Waals surface area contributed by atoms with Gasteiger partial charge in [0.1, 0.15) is 0 Å². The third-order valence-electron chi connectivity index (χ3n) is 4.51. The summed E-state index contributed by atoms with van der Waals surface area (Å²) in [7, 11) is 0. The third-order valence-corrected chi connectivity index (χ3v) is 4.51. The minimum atomic E-state index is -4.55. The van der Waals surface area contributed by atoms with Crippen LogP contribution in [0.3, 0.4) is 0 Å². The zero-order valence-electron chi connectivity index (χ0n) is 14.2. The van der Waals surface area contributed by atoms with Gasteiger partial charge in [0.2, 0.25) is 11.8 Å². The van der Waals surface area contributed by atoms with Crippen molar-refractivity contribution in [2.75, 3.05) is 18.4 Å². The molecule has 1 aromatic rings. The summed E-state index contributed by atoms with van der Waals surface area (Å²) in [5.41, 5.74) is -1.19. The van der Waals surface area contributed by atoms with E-state index in [0.717, 1.165) is 31.7 Å². The number of alkyl halides is 3. The highest BCUT2D eigenvalue weighted by Gasteiger charge is 2.33. The molecule has 1 aliphatic rings. The molecule has 1 saturated carbocycles. The van der Waals surface area contributed by atoms with Crippen LogP contribution in [0, 0.1) is 5.92 Å². The number of amides is 2. The van der Waals surface area contributed by atoms with Crippen LogP contribution in [0.25, 0.3) is 0 Å². The van der Waals surface area contributed by atoms with Crippen molar-refractivity contribution in [3.05, 3.63) is 29.8 Å². The van der Waals surface area contributed by atoms with Gasteiger partial charge in [-0.15, -0.1) is 0 Å². The molecule has 1 N–H and O–H groups in total. The monoisotopic (exact) mass is 356 g/mol. The van der Waals surface area contributed by atoms with E-state index in [-0.39, 0.29) is 18.1 Å². The average Bonchev–Trinajstić information content (AvgIpc) is 3.05. The zero-order chi connectivity index (χ0) is 18.4. The number of rotatable bonds is 6. The molecule has 0 spiro atoms. The topological polar surface area (TPSA) is 49.4 Å². The average molecular weight is 356 g/mol. The fraction of sp³-hybridized carbons (Fsp3) is 0.556. The lowest BCUT2D eigenvalue weighted by Crippen LogP contribution is -2.38. The lowest BCUT2D eigenvalue weighted by atomic mass is 10.0. The summed E-state index contributed by atoms with van der Waals surface area (Å²) in [4.78, 5) is 25.8. The first-order chi connectivity index (χ1) is 11.8. The van der Waals surface area contributed by atoms with Crippen LogP contribution in [-0.2, 0) is 15.8 Å². The van der Waals surface area contributed by atoms with E-state index in [9.17, 15) is 22.8 Å². The molecule has 0 radical (unpaired) electrons. The molecule has 2 rings (SSSR count). The molecule has 25 heavy (non-hydrogen) atoms. The van der Waals surface area contributed by atoms with Crippen LogP contribution >= 0.6 is 0 Å². The maximum absolute atomic E-state index is 13.0. The number of para-hydroxylation sites is 1. The van der Waals surface area contributed by atoms with E-state index in [1.165, 1.54) is 23.1 Å². The smallest absolute Gasteiger partial charge is 0.334 e. The van der Waals surface area contributed by atoms with Gasteiger partial charge in [-0.2, -0.15) is 13.2 Å². The molecule has 0 bridgehead atoms. The Labute approximate surface area is 145 Å². The fourth-order valence-electron chi connectivity index (χ4n) is 3.17. The lowest BCUT2D eigenvalue weighted by Gasteiger charge is -2.22. The standard InChI is InChI=1S/C18H23F3N2O2/c1-2-23(17(25)11-13-7-3-4-8-13)12-16(24)22-15-10-6-5-9-14(15)18(19,20)21/h5-6,9-10,13H,2-4,7-8,11-12H2,1H3,(H,22,24). The highest BCUT2D eigenvalue weighted by atomic mass is 19.4. The molecule has 2 amide bonds. The highest BCUT2D eigenvalue weighted by molar-refractivity contribution is 5.95. The summed E-state index contributed by atoms with van der Waals surface area (Å²) in [5.74, 6) is -0.387. The Morgan fingerprint density at radius 2 is 1.84 bits per heavy atom. The van der Waals surface area contributed by atoms with Crippen LogP contribution in [0.1, 0.15) is 44.6 Å². The van der Waals surface area contributed by atoms with Gasteiger partial charge in [0.25, 0.3) is 0 Å². The summed E-state index contributed by atoms with van der Waals surface area (Å²) in [6.45, 7) is 1.86. The van der Waals surface area contributed by atoms with Crippen molar-refractivity contribution in [1.29, 1.82) is 0 Å². The number of hydrogen-bond acceptors (Lipinski definition) is 2. The van der Waals surface area contributed by atoms with Crippen molar-refractivity contribution >= 4 is 17.5 Å². The lowest BCUT2D eigenvalue weighted by molar-refractivity contribution is -0.137. The van der Waals surface area contributed by atoms with E-state index in [1.54, 1.807) is 6.92 Å². The molecule has 7 heteroatoms. The summed E-state index contributed by atoms with van der Waals surface area (Å²) in [5, 5.41) is 2.28. The summed E-state index contributed by atoms with van der Waals surface area (Å²) in [6.07, 6.45) is 0.146. The van der Waals surface area contributed by atoms with Gasteiger partial charge in [0, 0.05) is 13.0 Å². The van der Waals surface area contributed by atoms with E-state index in [2.05, 4.69) is 5.32 Å². The predicted octanol–water partition coefficient (Wildman–Crippen LogP) is 4.07. The number of carbonyl (C=O) groups excluding carboxylic acids is 2. The molecule has 138 valence electrons. The number of carbonyl (C=O) groups is 2. The number of anilines is 1. The third kappa shape index (κ3) is 5.47. The van der Waals surface area contributed by atoms with Gasteiger partial charge < -0.3 is 10.2 Å². The molecule has 4 nitrogen and oxygen atoms in total. The van der Waals surface area contributed by atoms with Gasteiger partial charge in [-0.25, -0.2) is 0 Å². The number of nitrogens with zero attached hydrogens (tertiary/aromatic N) is 1. The Bertz CT molecular complexity index is 611. The van der Waals surface area contributed by atoms with Crippen molar-refractivity contribution in [3.63, 3.8) is 0 Å². The van der Waals surface area contributed by atoms with Crippen LogP contribution in [0.5, 0.6) is 0 Å². The summed E-state index contributed by atoms with van der Waals surface area (Å²) >= 11 is 0. The molecule has 0 unspecified atom stereocenters. The highest BCUT2D eigenvalue weighted by Crippen LogP contribution is 2.34. The molecule has 0 heterocycles. The number of hydrogen-bond donors (Lipinski definition) is 1. The van der Waals surface area contributed by atoms with Gasteiger partial charge in [-0.1, -0.05) is 25.0 Å². The number of halogens is 3. The predicted molar refractivity (Wildman–Crippen MR) is 88.9 cm³/mol. The zero-order valence-corrected chi connectivity index (χ0v) is 14.2. The summed E-state index contributed by atoms with van der Waals surface area (Å²) < 4.78 is 38.9. The summed E-state index contributed by atoms with van der Waals surface area (Å²) in [6, 6.07) is 4.81. The number of benzene rings is 1. The Kier molecular flexibility index (Phi) is 6.45. The number of likely N-dealkylation sites (N-methyl/N-ethyl adjacent to an activating group) is 1. The van der Waals surface area contributed by atoms with E-state index in [4.69, 9.17) is 0 Å². The number of nitrogens with one attached hydrogen (secondary N) is 1.